The molecule has 1 unspecified atom stereocenters. The number of nitrogens with one attached hydrogen (secondary N) is 1. The molecule has 0 bridgehead atoms. The zero-order chi connectivity index (χ0) is 13.0. The van der Waals surface area contributed by atoms with E-state index in [2.05, 4.69) is 42.6 Å². The molecule has 0 fully saturated rings. The van der Waals surface area contributed by atoms with Gasteiger partial charge in [-0.15, -0.1) is 11.3 Å². The zero-order valence-electron chi connectivity index (χ0n) is 10.7. The van der Waals surface area contributed by atoms with Gasteiger partial charge in [0.1, 0.15) is 0 Å². The first-order valence-corrected chi connectivity index (χ1v) is 7.34. The fraction of sp³-hybridized carbons (Fsp3) is 0.333. The summed E-state index contributed by atoms with van der Waals surface area (Å²) >= 11 is 7.63. The highest BCUT2D eigenvalue weighted by atomic mass is 35.5. The Morgan fingerprint density at radius 2 is 1.83 bits per heavy atom. The first kappa shape index (κ1) is 13.6. The molecule has 1 nitrogen and oxygen atoms in total. The first-order valence-electron chi connectivity index (χ1n) is 6.14. The van der Waals surface area contributed by atoms with Crippen LogP contribution < -0.4 is 5.32 Å². The topological polar surface area (TPSA) is 12.0 Å². The summed E-state index contributed by atoms with van der Waals surface area (Å²) in [5, 5.41) is 3.39. The van der Waals surface area contributed by atoms with E-state index in [1.54, 1.807) is 11.3 Å². The van der Waals surface area contributed by atoms with Crippen LogP contribution in [-0.2, 0) is 12.8 Å². The summed E-state index contributed by atoms with van der Waals surface area (Å²) in [5.74, 6) is 0. The van der Waals surface area contributed by atoms with E-state index in [4.69, 9.17) is 11.6 Å². The second-order valence-electron chi connectivity index (χ2n) is 4.59. The Morgan fingerprint density at radius 1 is 1.11 bits per heavy atom. The average Bonchev–Trinajstić information content (AvgIpc) is 2.77. The van der Waals surface area contributed by atoms with Gasteiger partial charge in [0.15, 0.2) is 0 Å². The third-order valence-corrected chi connectivity index (χ3v) is 4.34. The van der Waals surface area contributed by atoms with Crippen LogP contribution >= 0.6 is 22.9 Å². The summed E-state index contributed by atoms with van der Waals surface area (Å²) in [6, 6.07) is 13.3. The average molecular weight is 280 g/mol. The number of thiophene rings is 1. The molecule has 0 amide bonds. The number of aryl methyl sites for hydroxylation is 1. The SMILES string of the molecule is CNC(Cc1ccc(C)cc1)Cc1ccc(Cl)s1. The van der Waals surface area contributed by atoms with Gasteiger partial charge >= 0.3 is 0 Å². The van der Waals surface area contributed by atoms with Crippen molar-refractivity contribution in [1.82, 2.24) is 5.32 Å². The van der Waals surface area contributed by atoms with Crippen molar-refractivity contribution < 1.29 is 0 Å². The van der Waals surface area contributed by atoms with Crippen LogP contribution in [0, 0.1) is 6.92 Å². The lowest BCUT2D eigenvalue weighted by atomic mass is 10.0. The maximum Gasteiger partial charge on any atom is 0.0931 e. The van der Waals surface area contributed by atoms with E-state index in [-0.39, 0.29) is 0 Å². The molecule has 1 aromatic carbocycles. The molecule has 1 N–H and O–H groups in total. The largest absolute Gasteiger partial charge is 0.316 e. The van der Waals surface area contributed by atoms with Gasteiger partial charge in [0.25, 0.3) is 0 Å². The minimum atomic E-state index is 0.461. The van der Waals surface area contributed by atoms with Crippen LogP contribution in [0.5, 0.6) is 0 Å². The normalized spacial score (nSPS) is 12.6. The van der Waals surface area contributed by atoms with Crippen molar-refractivity contribution in [3.8, 4) is 0 Å². The Balaban J connectivity index is 1.99. The molecule has 1 heterocycles. The van der Waals surface area contributed by atoms with Gasteiger partial charge in [-0.3, -0.25) is 0 Å². The molecule has 1 atom stereocenters. The van der Waals surface area contributed by atoms with Crippen LogP contribution in [0.15, 0.2) is 36.4 Å². The number of rotatable bonds is 5. The van der Waals surface area contributed by atoms with Crippen molar-refractivity contribution in [2.45, 2.75) is 25.8 Å². The van der Waals surface area contributed by atoms with Crippen molar-refractivity contribution in [2.24, 2.45) is 0 Å². The molecule has 2 rings (SSSR count). The van der Waals surface area contributed by atoms with Crippen LogP contribution in [0.1, 0.15) is 16.0 Å². The highest BCUT2D eigenvalue weighted by Gasteiger charge is 2.10. The lowest BCUT2D eigenvalue weighted by Gasteiger charge is -2.15. The molecule has 3 heteroatoms. The third-order valence-electron chi connectivity index (χ3n) is 3.09. The van der Waals surface area contributed by atoms with E-state index in [9.17, 15) is 0 Å². The van der Waals surface area contributed by atoms with Crippen LogP contribution in [0.25, 0.3) is 0 Å². The fourth-order valence-corrected chi connectivity index (χ4v) is 3.16. The molecule has 0 radical (unpaired) electrons. The molecular formula is C15H18ClNS. The molecule has 18 heavy (non-hydrogen) atoms. The van der Waals surface area contributed by atoms with Gasteiger partial charge in [0.2, 0.25) is 0 Å². The number of likely N-dealkylation sites (N-methyl/N-ethyl adjacent to an activating group) is 1. The lowest BCUT2D eigenvalue weighted by Crippen LogP contribution is -2.29. The van der Waals surface area contributed by atoms with Crippen molar-refractivity contribution in [2.75, 3.05) is 7.05 Å². The van der Waals surface area contributed by atoms with Gasteiger partial charge in [0.05, 0.1) is 4.34 Å². The van der Waals surface area contributed by atoms with Gasteiger partial charge in [0, 0.05) is 10.9 Å². The number of hydrogen-bond donors (Lipinski definition) is 1. The summed E-state index contributed by atoms with van der Waals surface area (Å²) in [4.78, 5) is 1.34. The van der Waals surface area contributed by atoms with Gasteiger partial charge in [-0.2, -0.15) is 0 Å². The Kier molecular flexibility index (Phi) is 4.81. The summed E-state index contributed by atoms with van der Waals surface area (Å²) in [6.45, 7) is 2.12. The predicted octanol–water partition coefficient (Wildman–Crippen LogP) is 4.08. The van der Waals surface area contributed by atoms with E-state index in [0.717, 1.165) is 17.2 Å². The number of hydrogen-bond acceptors (Lipinski definition) is 2. The molecule has 0 spiro atoms. The van der Waals surface area contributed by atoms with Gasteiger partial charge in [-0.25, -0.2) is 0 Å². The smallest absolute Gasteiger partial charge is 0.0931 e. The summed E-state index contributed by atoms with van der Waals surface area (Å²) < 4.78 is 0.871. The van der Waals surface area contributed by atoms with Crippen LogP contribution in [0.4, 0.5) is 0 Å². The molecule has 96 valence electrons. The van der Waals surface area contributed by atoms with Crippen LogP contribution in [0.3, 0.4) is 0 Å². The van der Waals surface area contributed by atoms with E-state index in [1.165, 1.54) is 16.0 Å². The minimum Gasteiger partial charge on any atom is -0.316 e. The molecule has 0 aliphatic rings. The first-order chi connectivity index (χ1) is 8.67. The maximum atomic E-state index is 5.96. The molecule has 0 aliphatic carbocycles. The van der Waals surface area contributed by atoms with Gasteiger partial charge < -0.3 is 5.32 Å². The van der Waals surface area contributed by atoms with Crippen LogP contribution in [0.2, 0.25) is 4.34 Å². The lowest BCUT2D eigenvalue weighted by molar-refractivity contribution is 0.560. The van der Waals surface area contributed by atoms with Gasteiger partial charge in [-0.1, -0.05) is 41.4 Å². The van der Waals surface area contributed by atoms with Crippen molar-refractivity contribution >= 4 is 22.9 Å². The van der Waals surface area contributed by atoms with E-state index < -0.39 is 0 Å². The molecule has 1 aromatic heterocycles. The van der Waals surface area contributed by atoms with Crippen molar-refractivity contribution in [3.63, 3.8) is 0 Å². The van der Waals surface area contributed by atoms with Crippen LogP contribution in [-0.4, -0.2) is 13.1 Å². The minimum absolute atomic E-state index is 0.461. The molecule has 0 saturated carbocycles. The monoisotopic (exact) mass is 279 g/mol. The Hall–Kier alpha value is -0.830. The molecular weight excluding hydrogens is 262 g/mol. The fourth-order valence-electron chi connectivity index (χ4n) is 1.99. The van der Waals surface area contributed by atoms with E-state index >= 15 is 0 Å². The maximum absolute atomic E-state index is 5.96. The second kappa shape index (κ2) is 6.37. The highest BCUT2D eigenvalue weighted by molar-refractivity contribution is 7.16. The summed E-state index contributed by atoms with van der Waals surface area (Å²) in [7, 11) is 2.02. The summed E-state index contributed by atoms with van der Waals surface area (Å²) in [6.07, 6.45) is 2.08. The summed E-state index contributed by atoms with van der Waals surface area (Å²) in [5.41, 5.74) is 2.69. The Bertz CT molecular complexity index is 489. The Labute approximate surface area is 118 Å². The quantitative estimate of drug-likeness (QED) is 0.869. The second-order valence-corrected chi connectivity index (χ2v) is 6.38. The third kappa shape index (κ3) is 3.84. The van der Waals surface area contributed by atoms with Crippen molar-refractivity contribution in [3.05, 3.63) is 56.7 Å². The highest BCUT2D eigenvalue weighted by Crippen LogP contribution is 2.23. The van der Waals surface area contributed by atoms with Crippen molar-refractivity contribution in [1.29, 1.82) is 0 Å². The van der Waals surface area contributed by atoms with Gasteiger partial charge in [-0.05, 0) is 44.5 Å². The number of halogens is 1. The standard InChI is InChI=1S/C15H18ClNS/c1-11-3-5-12(6-4-11)9-13(17-2)10-14-7-8-15(16)18-14/h3-8,13,17H,9-10H2,1-2H3. The number of benzene rings is 1. The zero-order valence-corrected chi connectivity index (χ0v) is 12.3. The molecule has 2 aromatic rings. The predicted molar refractivity (Wildman–Crippen MR) is 80.8 cm³/mol. The van der Waals surface area contributed by atoms with E-state index in [1.807, 2.05) is 13.1 Å². The molecule has 0 saturated heterocycles. The van der Waals surface area contributed by atoms with E-state index in [0.29, 0.717) is 6.04 Å². The molecule has 0 aliphatic heterocycles. The Morgan fingerprint density at radius 3 is 2.39 bits per heavy atom.